The fraction of sp³-hybridized carbons (Fsp3) is 1.00. The van der Waals surface area contributed by atoms with Crippen LogP contribution in [-0.2, 0) is 23.5 Å². The van der Waals surface area contributed by atoms with Crippen LogP contribution in [-0.4, -0.2) is 6.26 Å². The average molecular weight is 112 g/mol. The molecule has 0 fully saturated rings. The smallest absolute Gasteiger partial charge is 0.159 e. The predicted octanol–water partition coefficient (Wildman–Crippen LogP) is -1.45. The summed E-state index contributed by atoms with van der Waals surface area (Å²) >= 11 is 0. The Kier molecular flexibility index (Phi) is 1.66. The fourth-order valence-electron chi connectivity index (χ4n) is 0. The molecule has 0 aromatic heterocycles. The van der Waals surface area contributed by atoms with Gasteiger partial charge in [-0.15, -0.1) is 0 Å². The summed E-state index contributed by atoms with van der Waals surface area (Å²) in [7, 11) is -3.27. The SMILES string of the molecule is C[S+]([O])(=O)O[NH3+]. The van der Waals surface area contributed by atoms with Crippen LogP contribution in [0.15, 0.2) is 0 Å². The summed E-state index contributed by atoms with van der Waals surface area (Å²) in [6, 6.07) is 0. The van der Waals surface area contributed by atoms with E-state index in [-0.39, 0.29) is 0 Å². The summed E-state index contributed by atoms with van der Waals surface area (Å²) in [5.41, 5.74) is 0. The van der Waals surface area contributed by atoms with E-state index in [1.54, 1.807) is 0 Å². The maximum absolute atomic E-state index is 9.72. The minimum atomic E-state index is -3.27. The molecular formula is CH6NO3S+2. The van der Waals surface area contributed by atoms with Crippen LogP contribution in [0.4, 0.5) is 0 Å². The van der Waals surface area contributed by atoms with E-state index in [9.17, 15) is 8.76 Å². The number of quaternary nitrogens is 1. The molecule has 0 bridgehead atoms. The molecule has 1 atom stereocenters. The third-order valence-corrected chi connectivity index (χ3v) is 0.642. The van der Waals surface area contributed by atoms with Crippen LogP contribution in [0, 0.1) is 0 Å². The maximum atomic E-state index is 9.72. The molecule has 0 aliphatic rings. The second-order valence-electron chi connectivity index (χ2n) is 0.822. The lowest BCUT2D eigenvalue weighted by molar-refractivity contribution is -0.637. The van der Waals surface area contributed by atoms with Gasteiger partial charge in [-0.05, 0) is 4.21 Å². The van der Waals surface area contributed by atoms with Crippen LogP contribution in [0.25, 0.3) is 0 Å². The first-order chi connectivity index (χ1) is 2.56. The summed E-state index contributed by atoms with van der Waals surface area (Å²) < 4.78 is 23.1. The van der Waals surface area contributed by atoms with E-state index in [2.05, 4.69) is 10.2 Å². The van der Waals surface area contributed by atoms with E-state index in [4.69, 9.17) is 0 Å². The van der Waals surface area contributed by atoms with Gasteiger partial charge < -0.3 is 0 Å². The van der Waals surface area contributed by atoms with Crippen molar-refractivity contribution in [1.82, 2.24) is 0 Å². The van der Waals surface area contributed by atoms with E-state index in [0.717, 1.165) is 6.26 Å². The van der Waals surface area contributed by atoms with Gasteiger partial charge in [0, 0.05) is 4.28 Å². The fourth-order valence-corrected chi connectivity index (χ4v) is 0. The lowest BCUT2D eigenvalue weighted by Crippen LogP contribution is -2.52. The van der Waals surface area contributed by atoms with Crippen molar-refractivity contribution >= 4 is 10.5 Å². The van der Waals surface area contributed by atoms with Crippen LogP contribution >= 0.6 is 0 Å². The molecule has 4 nitrogen and oxygen atoms in total. The Labute approximate surface area is 36.7 Å². The van der Waals surface area contributed by atoms with Gasteiger partial charge in [-0.3, -0.25) is 0 Å². The molecule has 0 aromatic rings. The van der Waals surface area contributed by atoms with E-state index < -0.39 is 10.5 Å². The molecule has 0 saturated carbocycles. The van der Waals surface area contributed by atoms with Crippen molar-refractivity contribution in [1.29, 1.82) is 0 Å². The first-order valence-electron chi connectivity index (χ1n) is 1.20. The summed E-state index contributed by atoms with van der Waals surface area (Å²) in [6.07, 6.45) is 0.931. The quantitative estimate of drug-likeness (QED) is 0.333. The molecule has 5 heteroatoms. The van der Waals surface area contributed by atoms with E-state index in [0.29, 0.717) is 0 Å². The van der Waals surface area contributed by atoms with Crippen molar-refractivity contribution in [2.24, 2.45) is 0 Å². The number of rotatable bonds is 1. The van der Waals surface area contributed by atoms with E-state index >= 15 is 0 Å². The van der Waals surface area contributed by atoms with Crippen LogP contribution < -0.4 is 5.90 Å². The Hall–Kier alpha value is 0.0300. The van der Waals surface area contributed by atoms with Gasteiger partial charge in [0.25, 0.3) is 0 Å². The Morgan fingerprint density at radius 2 is 2.00 bits per heavy atom. The average Bonchev–Trinajstić information content (AvgIpc) is 1.35. The minimum Gasteiger partial charge on any atom is -0.159 e. The summed E-state index contributed by atoms with van der Waals surface area (Å²) in [4.78, 5) is 0. The molecule has 0 heterocycles. The molecule has 3 N–H and O–H groups in total. The topological polar surface area (TPSA) is 73.8 Å². The van der Waals surface area contributed by atoms with Crippen molar-refractivity contribution in [3.8, 4) is 0 Å². The van der Waals surface area contributed by atoms with Gasteiger partial charge in [0.1, 0.15) is 0 Å². The molecule has 1 unspecified atom stereocenters. The molecule has 6 heavy (non-hydrogen) atoms. The third kappa shape index (κ3) is 4.03. The van der Waals surface area contributed by atoms with Crippen molar-refractivity contribution < 1.29 is 18.9 Å². The lowest BCUT2D eigenvalue weighted by Gasteiger charge is -1.75. The zero-order valence-corrected chi connectivity index (χ0v) is 4.16. The molecule has 0 spiro atoms. The monoisotopic (exact) mass is 112 g/mol. The highest BCUT2D eigenvalue weighted by atomic mass is 32.3. The van der Waals surface area contributed by atoms with Crippen LogP contribution in [0.2, 0.25) is 0 Å². The highest BCUT2D eigenvalue weighted by molar-refractivity contribution is 7.92. The van der Waals surface area contributed by atoms with Crippen LogP contribution in [0.5, 0.6) is 0 Å². The van der Waals surface area contributed by atoms with Crippen molar-refractivity contribution in [3.05, 3.63) is 0 Å². The van der Waals surface area contributed by atoms with Gasteiger partial charge in [-0.1, -0.05) is 0 Å². The molecule has 37 valence electrons. The molecular weight excluding hydrogens is 106 g/mol. The molecule has 0 aromatic carbocycles. The molecule has 0 amide bonds. The van der Waals surface area contributed by atoms with Gasteiger partial charge in [0.2, 0.25) is 0 Å². The van der Waals surface area contributed by atoms with E-state index in [1.165, 1.54) is 0 Å². The van der Waals surface area contributed by atoms with Gasteiger partial charge in [0.05, 0.1) is 4.55 Å². The Bertz CT molecular complexity index is 74.9. The Morgan fingerprint density at radius 1 is 1.83 bits per heavy atom. The van der Waals surface area contributed by atoms with Gasteiger partial charge in [-0.25, -0.2) is 0 Å². The minimum absolute atomic E-state index is 0.931. The van der Waals surface area contributed by atoms with Crippen molar-refractivity contribution in [2.75, 3.05) is 6.26 Å². The van der Waals surface area contributed by atoms with Crippen LogP contribution in [0.1, 0.15) is 0 Å². The van der Waals surface area contributed by atoms with Crippen LogP contribution in [0.3, 0.4) is 0 Å². The normalized spacial score (nSPS) is 19.8. The molecule has 0 saturated heterocycles. The van der Waals surface area contributed by atoms with Gasteiger partial charge >= 0.3 is 10.5 Å². The van der Waals surface area contributed by atoms with E-state index in [1.807, 2.05) is 0 Å². The van der Waals surface area contributed by atoms with Crippen molar-refractivity contribution in [2.45, 2.75) is 0 Å². The lowest BCUT2D eigenvalue weighted by atomic mass is 12.0. The largest absolute Gasteiger partial charge is 0.445 e. The second-order valence-corrected chi connectivity index (χ2v) is 2.47. The highest BCUT2D eigenvalue weighted by Crippen LogP contribution is 1.85. The summed E-state index contributed by atoms with van der Waals surface area (Å²) in [5.74, 6) is 2.67. The Morgan fingerprint density at radius 3 is 2.00 bits per heavy atom. The molecule has 0 aliphatic heterocycles. The zero-order chi connectivity index (χ0) is 5.21. The van der Waals surface area contributed by atoms with Gasteiger partial charge in [-0.2, -0.15) is 5.90 Å². The zero-order valence-electron chi connectivity index (χ0n) is 3.34. The highest BCUT2D eigenvalue weighted by Gasteiger charge is 2.21. The maximum Gasteiger partial charge on any atom is 0.445 e. The third-order valence-electron chi connectivity index (χ3n) is 0.214. The number of hydrogen-bond acceptors (Lipinski definition) is 2. The van der Waals surface area contributed by atoms with Crippen molar-refractivity contribution in [3.63, 3.8) is 0 Å². The molecule has 0 rings (SSSR count). The summed E-state index contributed by atoms with van der Waals surface area (Å²) in [5, 5.41) is 0. The first-order valence-corrected chi connectivity index (χ1v) is 3.01. The first kappa shape index (κ1) is 6.03. The van der Waals surface area contributed by atoms with Gasteiger partial charge in [0.15, 0.2) is 6.26 Å². The second kappa shape index (κ2) is 1.65. The summed E-state index contributed by atoms with van der Waals surface area (Å²) in [6.45, 7) is 0. The molecule has 1 radical (unpaired) electrons. The number of hydrogen-bond donors (Lipinski definition) is 1. The standard InChI is InChI=1S/CH6NO3S/c1-6(3,4)5-2/h1-2H3/q+2. The molecule has 0 aliphatic carbocycles. The predicted molar refractivity (Wildman–Crippen MR) is 18.6 cm³/mol. The Balaban J connectivity index is 3.48.